The summed E-state index contributed by atoms with van der Waals surface area (Å²) >= 11 is 0. The topological polar surface area (TPSA) is 64.6 Å². The molecule has 1 aliphatic heterocycles. The van der Waals surface area contributed by atoms with E-state index in [-0.39, 0.29) is 41.7 Å². The highest BCUT2D eigenvalue weighted by Gasteiger charge is 2.63. The van der Waals surface area contributed by atoms with Crippen LogP contribution in [-0.2, 0) is 14.3 Å². The fraction of sp³-hybridized carbons (Fsp3) is 0.259. The van der Waals surface area contributed by atoms with Gasteiger partial charge in [0.2, 0.25) is 5.91 Å². The molecule has 6 rings (SSSR count). The Labute approximate surface area is 186 Å². The molecule has 5 heteroatoms. The van der Waals surface area contributed by atoms with Crippen LogP contribution in [0.3, 0.4) is 0 Å². The maximum atomic E-state index is 13.0. The van der Waals surface area contributed by atoms with E-state index in [0.717, 1.165) is 29.7 Å². The SMILES string of the molecule is O=C(Nc1ccc(Oc2ccccc2-c2ccccc2)cc1)[C@@H]1[C@@H]2C[C@@H]3[C@@H]1C(=O)O[C@H]3C2. The van der Waals surface area contributed by atoms with Gasteiger partial charge in [-0.3, -0.25) is 9.59 Å². The number of hydrogen-bond acceptors (Lipinski definition) is 4. The highest BCUT2D eigenvalue weighted by molar-refractivity contribution is 5.97. The van der Waals surface area contributed by atoms with Crippen LogP contribution in [0, 0.1) is 23.7 Å². The summed E-state index contributed by atoms with van der Waals surface area (Å²) < 4.78 is 11.6. The maximum Gasteiger partial charge on any atom is 0.310 e. The van der Waals surface area contributed by atoms with E-state index in [0.29, 0.717) is 11.4 Å². The van der Waals surface area contributed by atoms with Crippen molar-refractivity contribution in [3.63, 3.8) is 0 Å². The average molecular weight is 425 g/mol. The lowest BCUT2D eigenvalue weighted by Crippen LogP contribution is -2.35. The largest absolute Gasteiger partial charge is 0.462 e. The van der Waals surface area contributed by atoms with Gasteiger partial charge in [0.15, 0.2) is 0 Å². The Morgan fingerprint density at radius 2 is 1.66 bits per heavy atom. The molecule has 1 saturated heterocycles. The third kappa shape index (κ3) is 3.16. The number of hydrogen-bond donors (Lipinski definition) is 1. The summed E-state index contributed by atoms with van der Waals surface area (Å²) in [5, 5.41) is 3.00. The first-order valence-electron chi connectivity index (χ1n) is 11.1. The van der Waals surface area contributed by atoms with Crippen LogP contribution in [-0.4, -0.2) is 18.0 Å². The molecule has 3 aromatic rings. The van der Waals surface area contributed by atoms with Crippen LogP contribution in [0.5, 0.6) is 11.5 Å². The van der Waals surface area contributed by atoms with Gasteiger partial charge in [0.05, 0.1) is 11.8 Å². The molecular formula is C27H23NO4. The number of para-hydroxylation sites is 1. The van der Waals surface area contributed by atoms with E-state index in [1.54, 1.807) is 0 Å². The molecule has 3 fully saturated rings. The number of fused-ring (bicyclic) bond motifs is 1. The van der Waals surface area contributed by atoms with Crippen molar-refractivity contribution in [2.45, 2.75) is 18.9 Å². The molecule has 0 radical (unpaired) electrons. The zero-order valence-electron chi connectivity index (χ0n) is 17.4. The number of carbonyl (C=O) groups is 2. The van der Waals surface area contributed by atoms with Crippen LogP contribution < -0.4 is 10.1 Å². The Balaban J connectivity index is 1.16. The second-order valence-electron chi connectivity index (χ2n) is 8.90. The Hall–Kier alpha value is -3.60. The first kappa shape index (κ1) is 19.1. The standard InChI is InChI=1S/C27H23NO4/c29-26(24-17-14-21-23(15-17)32-27(30)25(21)24)28-18-10-12-19(13-11-18)31-22-9-5-4-8-20(22)16-6-2-1-3-7-16/h1-13,17,21,23-25H,14-15H2,(H,28,29)/t17-,21+,23+,24-,25+/m1/s1. The molecule has 3 aromatic carbocycles. The molecule has 1 N–H and O–H groups in total. The van der Waals surface area contributed by atoms with Crippen LogP contribution >= 0.6 is 0 Å². The molecule has 5 nitrogen and oxygen atoms in total. The molecule has 2 aliphatic carbocycles. The molecule has 1 amide bonds. The van der Waals surface area contributed by atoms with Crippen molar-refractivity contribution in [1.29, 1.82) is 0 Å². The number of nitrogens with one attached hydrogen (secondary N) is 1. The van der Waals surface area contributed by atoms with Gasteiger partial charge in [0.25, 0.3) is 0 Å². The minimum absolute atomic E-state index is 0.0387. The van der Waals surface area contributed by atoms with Crippen LogP contribution in [0.1, 0.15) is 12.8 Å². The van der Waals surface area contributed by atoms with Gasteiger partial charge in [-0.15, -0.1) is 0 Å². The van der Waals surface area contributed by atoms with E-state index in [9.17, 15) is 9.59 Å². The predicted octanol–water partition coefficient (Wildman–Crippen LogP) is 5.28. The van der Waals surface area contributed by atoms with E-state index < -0.39 is 0 Å². The highest BCUT2D eigenvalue weighted by atomic mass is 16.6. The molecule has 3 aliphatic rings. The Morgan fingerprint density at radius 1 is 0.906 bits per heavy atom. The quantitative estimate of drug-likeness (QED) is 0.565. The summed E-state index contributed by atoms with van der Waals surface area (Å²) in [5.74, 6) is 1.11. The summed E-state index contributed by atoms with van der Waals surface area (Å²) in [6.45, 7) is 0. The minimum atomic E-state index is -0.278. The number of anilines is 1. The summed E-state index contributed by atoms with van der Waals surface area (Å²) in [5.41, 5.74) is 2.80. The van der Waals surface area contributed by atoms with Crippen LogP contribution in [0.2, 0.25) is 0 Å². The molecule has 32 heavy (non-hydrogen) atoms. The first-order chi connectivity index (χ1) is 15.7. The number of ether oxygens (including phenoxy) is 2. The van der Waals surface area contributed by atoms with E-state index in [1.165, 1.54) is 0 Å². The van der Waals surface area contributed by atoms with E-state index in [1.807, 2.05) is 66.7 Å². The van der Waals surface area contributed by atoms with E-state index in [4.69, 9.17) is 9.47 Å². The predicted molar refractivity (Wildman–Crippen MR) is 120 cm³/mol. The van der Waals surface area contributed by atoms with Gasteiger partial charge in [0, 0.05) is 17.2 Å². The van der Waals surface area contributed by atoms with E-state index >= 15 is 0 Å². The number of carbonyl (C=O) groups excluding carboxylic acids is 2. The molecule has 0 unspecified atom stereocenters. The summed E-state index contributed by atoms with van der Waals surface area (Å²) in [4.78, 5) is 25.2. The summed E-state index contributed by atoms with van der Waals surface area (Å²) in [6.07, 6.45) is 1.78. The van der Waals surface area contributed by atoms with Crippen molar-refractivity contribution in [2.24, 2.45) is 23.7 Å². The van der Waals surface area contributed by atoms with Crippen LogP contribution in [0.4, 0.5) is 5.69 Å². The second-order valence-corrected chi connectivity index (χ2v) is 8.90. The minimum Gasteiger partial charge on any atom is -0.462 e. The molecule has 0 spiro atoms. The van der Waals surface area contributed by atoms with E-state index in [2.05, 4.69) is 17.4 Å². The summed E-state index contributed by atoms with van der Waals surface area (Å²) in [7, 11) is 0. The zero-order chi connectivity index (χ0) is 21.7. The van der Waals surface area contributed by atoms with Gasteiger partial charge in [-0.25, -0.2) is 0 Å². The Morgan fingerprint density at radius 3 is 2.47 bits per heavy atom. The second kappa shape index (κ2) is 7.52. The number of esters is 1. The maximum absolute atomic E-state index is 13.0. The average Bonchev–Trinajstić information content (AvgIpc) is 3.44. The third-order valence-electron chi connectivity index (χ3n) is 7.11. The van der Waals surface area contributed by atoms with Crippen LogP contribution in [0.25, 0.3) is 11.1 Å². The number of benzene rings is 3. The van der Waals surface area contributed by atoms with Crippen molar-refractivity contribution in [3.05, 3.63) is 78.9 Å². The molecule has 5 atom stereocenters. The monoisotopic (exact) mass is 425 g/mol. The molecule has 2 saturated carbocycles. The van der Waals surface area contributed by atoms with Gasteiger partial charge in [-0.05, 0) is 54.7 Å². The lowest BCUT2D eigenvalue weighted by molar-refractivity contribution is -0.145. The molecular weight excluding hydrogens is 402 g/mol. The number of rotatable bonds is 5. The van der Waals surface area contributed by atoms with Crippen molar-refractivity contribution in [2.75, 3.05) is 5.32 Å². The lowest BCUT2D eigenvalue weighted by atomic mass is 9.79. The lowest BCUT2D eigenvalue weighted by Gasteiger charge is -2.23. The van der Waals surface area contributed by atoms with Crippen molar-refractivity contribution in [1.82, 2.24) is 0 Å². The van der Waals surface area contributed by atoms with Crippen molar-refractivity contribution < 1.29 is 19.1 Å². The van der Waals surface area contributed by atoms with Crippen molar-refractivity contribution in [3.8, 4) is 22.6 Å². The van der Waals surface area contributed by atoms with Gasteiger partial charge >= 0.3 is 5.97 Å². The van der Waals surface area contributed by atoms with Gasteiger partial charge < -0.3 is 14.8 Å². The Kier molecular flexibility index (Phi) is 4.49. The highest BCUT2D eigenvalue weighted by Crippen LogP contribution is 2.57. The third-order valence-corrected chi connectivity index (χ3v) is 7.11. The molecule has 0 aromatic heterocycles. The fourth-order valence-electron chi connectivity index (χ4n) is 5.73. The fourth-order valence-corrected chi connectivity index (χ4v) is 5.73. The molecule has 2 bridgehead atoms. The zero-order valence-corrected chi connectivity index (χ0v) is 17.4. The normalized spacial score (nSPS) is 27.2. The Bertz CT molecular complexity index is 1170. The van der Waals surface area contributed by atoms with Crippen molar-refractivity contribution >= 4 is 17.6 Å². The molecule has 160 valence electrons. The summed E-state index contributed by atoms with van der Waals surface area (Å²) in [6, 6.07) is 25.4. The van der Waals surface area contributed by atoms with Crippen LogP contribution in [0.15, 0.2) is 78.9 Å². The van der Waals surface area contributed by atoms with Gasteiger partial charge in [0.1, 0.15) is 17.6 Å². The smallest absolute Gasteiger partial charge is 0.310 e. The number of amides is 1. The molecule has 1 heterocycles. The van der Waals surface area contributed by atoms with Gasteiger partial charge in [-0.2, -0.15) is 0 Å². The van der Waals surface area contributed by atoms with Gasteiger partial charge in [-0.1, -0.05) is 48.5 Å². The first-order valence-corrected chi connectivity index (χ1v) is 11.1.